The number of aromatic nitrogens is 1. The van der Waals surface area contributed by atoms with Crippen LogP contribution in [0.25, 0.3) is 0 Å². The molecular weight excluding hydrogens is 533 g/mol. The number of hydrogen-bond acceptors (Lipinski definition) is 4. The molecule has 2 heterocycles. The Kier molecular flexibility index (Phi) is 12.8. The van der Waals surface area contributed by atoms with Crippen LogP contribution in [-0.4, -0.2) is 28.9 Å². The maximum atomic E-state index is 13.2. The van der Waals surface area contributed by atoms with Crippen molar-refractivity contribution >= 4 is 60.4 Å². The Hall–Kier alpha value is -2.09. The van der Waals surface area contributed by atoms with Crippen LogP contribution in [0.3, 0.4) is 0 Å². The molecule has 1 aromatic heterocycles. The molecule has 0 spiro atoms. The minimum Gasteiger partial charge on any atom is -0.380 e. The van der Waals surface area contributed by atoms with E-state index in [0.717, 1.165) is 24.0 Å². The van der Waals surface area contributed by atoms with Gasteiger partial charge in [0.2, 0.25) is 0 Å². The summed E-state index contributed by atoms with van der Waals surface area (Å²) in [5.74, 6) is 0.0520. The summed E-state index contributed by atoms with van der Waals surface area (Å²) in [6.45, 7) is 2.36. The summed E-state index contributed by atoms with van der Waals surface area (Å²) < 4.78 is 13.2. The first-order valence-electron chi connectivity index (χ1n) is 10.7. The number of halogens is 5. The Labute approximate surface area is 228 Å². The number of nitrogens with zero attached hydrogens (tertiary/aromatic N) is 2. The maximum Gasteiger partial charge on any atom is 0.255 e. The fourth-order valence-electron chi connectivity index (χ4n) is 4.09. The number of amides is 1. The van der Waals surface area contributed by atoms with E-state index in [4.69, 9.17) is 17.3 Å². The van der Waals surface area contributed by atoms with Gasteiger partial charge < -0.3 is 16.0 Å². The zero-order chi connectivity index (χ0) is 22.5. The molecule has 0 bridgehead atoms. The van der Waals surface area contributed by atoms with Gasteiger partial charge in [-0.15, -0.1) is 37.2 Å². The lowest BCUT2D eigenvalue weighted by Gasteiger charge is -2.32. The SMILES string of the molecule is Cl.Cl.Cl.NCc1cccc(C2CCN(C(=O)c3cncc(NCc4ccc(F)cc4Cl)c3)CC2)c1. The zero-order valence-corrected chi connectivity index (χ0v) is 22.2. The molecule has 1 aliphatic heterocycles. The fraction of sp³-hybridized carbons (Fsp3) is 0.280. The molecule has 0 saturated carbocycles. The highest BCUT2D eigenvalue weighted by molar-refractivity contribution is 6.31. The van der Waals surface area contributed by atoms with E-state index in [1.165, 1.54) is 17.7 Å². The number of piperidine rings is 1. The van der Waals surface area contributed by atoms with Gasteiger partial charge in [-0.2, -0.15) is 0 Å². The largest absolute Gasteiger partial charge is 0.380 e. The third-order valence-electron chi connectivity index (χ3n) is 5.92. The van der Waals surface area contributed by atoms with Crippen molar-refractivity contribution in [3.63, 3.8) is 0 Å². The lowest BCUT2D eigenvalue weighted by atomic mass is 9.88. The molecule has 35 heavy (non-hydrogen) atoms. The average molecular weight is 562 g/mol. The van der Waals surface area contributed by atoms with Crippen LogP contribution in [0, 0.1) is 5.82 Å². The molecule has 3 aromatic rings. The first-order valence-corrected chi connectivity index (χ1v) is 11.1. The van der Waals surface area contributed by atoms with E-state index < -0.39 is 0 Å². The van der Waals surface area contributed by atoms with Crippen LogP contribution in [0.1, 0.15) is 45.8 Å². The van der Waals surface area contributed by atoms with Gasteiger partial charge in [0.25, 0.3) is 5.91 Å². The highest BCUT2D eigenvalue weighted by Gasteiger charge is 2.25. The van der Waals surface area contributed by atoms with Gasteiger partial charge in [-0.25, -0.2) is 4.39 Å². The quantitative estimate of drug-likeness (QED) is 0.374. The third kappa shape index (κ3) is 7.95. The first-order chi connectivity index (χ1) is 15.5. The summed E-state index contributed by atoms with van der Waals surface area (Å²) in [6.07, 6.45) is 5.10. The van der Waals surface area contributed by atoms with Crippen molar-refractivity contribution in [3.8, 4) is 0 Å². The van der Waals surface area contributed by atoms with Crippen LogP contribution < -0.4 is 11.1 Å². The highest BCUT2D eigenvalue weighted by atomic mass is 35.5. The van der Waals surface area contributed by atoms with Crippen molar-refractivity contribution in [1.82, 2.24) is 9.88 Å². The second-order valence-corrected chi connectivity index (χ2v) is 8.47. The zero-order valence-electron chi connectivity index (χ0n) is 19.0. The number of carbonyl (C=O) groups is 1. The van der Waals surface area contributed by atoms with Crippen molar-refractivity contribution in [2.75, 3.05) is 18.4 Å². The maximum absolute atomic E-state index is 13.2. The predicted molar refractivity (Wildman–Crippen MR) is 147 cm³/mol. The van der Waals surface area contributed by atoms with Gasteiger partial charge in [-0.3, -0.25) is 9.78 Å². The third-order valence-corrected chi connectivity index (χ3v) is 6.28. The summed E-state index contributed by atoms with van der Waals surface area (Å²) in [4.78, 5) is 19.1. The molecule has 0 aliphatic carbocycles. The second-order valence-electron chi connectivity index (χ2n) is 8.07. The Balaban J connectivity index is 0.00000204. The van der Waals surface area contributed by atoms with Gasteiger partial charge in [0.05, 0.1) is 11.3 Å². The number of nitrogens with two attached hydrogens (primary N) is 1. The number of benzene rings is 2. The Morgan fingerprint density at radius 2 is 1.83 bits per heavy atom. The number of pyridine rings is 1. The van der Waals surface area contributed by atoms with Crippen LogP contribution in [-0.2, 0) is 13.1 Å². The van der Waals surface area contributed by atoms with E-state index in [2.05, 4.69) is 28.5 Å². The number of likely N-dealkylation sites (tertiary alicyclic amines) is 1. The molecule has 1 fully saturated rings. The van der Waals surface area contributed by atoms with Crippen LogP contribution in [0.5, 0.6) is 0 Å². The summed E-state index contributed by atoms with van der Waals surface area (Å²) >= 11 is 6.09. The Morgan fingerprint density at radius 3 is 2.51 bits per heavy atom. The number of rotatable bonds is 6. The van der Waals surface area contributed by atoms with E-state index in [-0.39, 0.29) is 48.9 Å². The average Bonchev–Trinajstić information content (AvgIpc) is 2.83. The molecule has 5 nitrogen and oxygen atoms in total. The Morgan fingerprint density at radius 1 is 1.09 bits per heavy atom. The van der Waals surface area contributed by atoms with Crippen LogP contribution in [0.15, 0.2) is 60.9 Å². The normalized spacial score (nSPS) is 13.2. The van der Waals surface area contributed by atoms with E-state index in [9.17, 15) is 9.18 Å². The summed E-state index contributed by atoms with van der Waals surface area (Å²) in [5, 5.41) is 3.57. The number of carbonyl (C=O) groups excluding carboxylic acids is 1. The molecule has 4 rings (SSSR count). The molecule has 190 valence electrons. The van der Waals surface area contributed by atoms with E-state index >= 15 is 0 Å². The summed E-state index contributed by atoms with van der Waals surface area (Å²) in [6, 6.07) is 14.5. The van der Waals surface area contributed by atoms with E-state index in [1.54, 1.807) is 24.5 Å². The topological polar surface area (TPSA) is 71.2 Å². The van der Waals surface area contributed by atoms with Crippen molar-refractivity contribution in [3.05, 3.63) is 94.0 Å². The van der Waals surface area contributed by atoms with E-state index in [1.807, 2.05) is 11.0 Å². The second kappa shape index (κ2) is 14.5. The lowest BCUT2D eigenvalue weighted by Crippen LogP contribution is -2.38. The summed E-state index contributed by atoms with van der Waals surface area (Å²) in [7, 11) is 0. The molecule has 0 atom stereocenters. The van der Waals surface area contributed by atoms with Crippen LogP contribution >= 0.6 is 48.8 Å². The molecule has 2 aromatic carbocycles. The smallest absolute Gasteiger partial charge is 0.255 e. The monoisotopic (exact) mass is 560 g/mol. The molecule has 0 unspecified atom stereocenters. The van der Waals surface area contributed by atoms with Crippen molar-refractivity contribution < 1.29 is 9.18 Å². The first kappa shape index (κ1) is 30.9. The van der Waals surface area contributed by atoms with Crippen molar-refractivity contribution in [1.29, 1.82) is 0 Å². The Bertz CT molecular complexity index is 1110. The minimum atomic E-state index is -0.371. The van der Waals surface area contributed by atoms with Crippen molar-refractivity contribution in [2.45, 2.75) is 31.8 Å². The highest BCUT2D eigenvalue weighted by Crippen LogP contribution is 2.29. The summed E-state index contributed by atoms with van der Waals surface area (Å²) in [5.41, 5.74) is 10.2. The predicted octanol–water partition coefficient (Wildman–Crippen LogP) is 6.23. The standard InChI is InChI=1S/C25H26ClFN4O.3ClH/c26-24-12-22(27)5-4-20(24)15-30-23-11-21(14-29-16-23)25(32)31-8-6-18(7-9-31)19-3-1-2-17(10-19)13-28;;;/h1-5,10-12,14,16,18,30H,6-9,13,15,28H2;3*1H. The van der Waals surface area contributed by atoms with Crippen molar-refractivity contribution in [2.24, 2.45) is 5.73 Å². The molecular formula is C25H29Cl4FN4O. The van der Waals surface area contributed by atoms with Gasteiger partial charge in [-0.1, -0.05) is 41.9 Å². The molecule has 1 aliphatic rings. The molecule has 1 saturated heterocycles. The minimum absolute atomic E-state index is 0. The van der Waals surface area contributed by atoms with Gasteiger partial charge >= 0.3 is 0 Å². The molecule has 1 amide bonds. The van der Waals surface area contributed by atoms with Gasteiger partial charge in [0.15, 0.2) is 0 Å². The molecule has 10 heteroatoms. The fourth-order valence-corrected chi connectivity index (χ4v) is 4.32. The number of anilines is 1. The molecule has 0 radical (unpaired) electrons. The lowest BCUT2D eigenvalue weighted by molar-refractivity contribution is 0.0712. The molecule has 3 N–H and O–H groups in total. The van der Waals surface area contributed by atoms with Gasteiger partial charge in [-0.05, 0) is 53.6 Å². The van der Waals surface area contributed by atoms with Gasteiger partial charge in [0.1, 0.15) is 5.82 Å². The van der Waals surface area contributed by atoms with Crippen LogP contribution in [0.4, 0.5) is 10.1 Å². The number of hydrogen-bond donors (Lipinski definition) is 2. The van der Waals surface area contributed by atoms with Gasteiger partial charge in [0, 0.05) is 43.6 Å². The number of nitrogens with one attached hydrogen (secondary N) is 1. The van der Waals surface area contributed by atoms with E-state index in [0.29, 0.717) is 48.4 Å². The van der Waals surface area contributed by atoms with Crippen LogP contribution in [0.2, 0.25) is 5.02 Å².